The molecule has 0 saturated carbocycles. The zero-order valence-corrected chi connectivity index (χ0v) is 11.6. The van der Waals surface area contributed by atoms with Crippen molar-refractivity contribution < 1.29 is 13.6 Å². The van der Waals surface area contributed by atoms with Crippen LogP contribution < -0.4 is 5.32 Å². The molecule has 2 nitrogen and oxygen atoms in total. The summed E-state index contributed by atoms with van der Waals surface area (Å²) in [5, 5.41) is 2.53. The summed E-state index contributed by atoms with van der Waals surface area (Å²) in [6.07, 6.45) is 0. The van der Waals surface area contributed by atoms with Crippen molar-refractivity contribution in [1.29, 1.82) is 0 Å². The van der Waals surface area contributed by atoms with Crippen LogP contribution >= 0.6 is 15.9 Å². The van der Waals surface area contributed by atoms with Crippen molar-refractivity contribution in [3.8, 4) is 0 Å². The number of benzene rings is 2. The molecule has 19 heavy (non-hydrogen) atoms. The van der Waals surface area contributed by atoms with E-state index in [9.17, 15) is 13.6 Å². The van der Waals surface area contributed by atoms with Gasteiger partial charge in [0, 0.05) is 21.8 Å². The highest BCUT2D eigenvalue weighted by Gasteiger charge is 2.11. The second-order valence-corrected chi connectivity index (χ2v) is 4.96. The van der Waals surface area contributed by atoms with Gasteiger partial charge in [-0.15, -0.1) is 0 Å². The van der Waals surface area contributed by atoms with Gasteiger partial charge in [0.2, 0.25) is 0 Å². The molecule has 1 N–H and O–H groups in total. The average molecular weight is 326 g/mol. The third kappa shape index (κ3) is 3.17. The number of carbonyl (C=O) groups excluding carboxylic acids is 1. The minimum Gasteiger partial charge on any atom is -0.322 e. The SMILES string of the molecule is Cc1ccc(Br)cc1C(=O)Nc1ccc(F)c(F)c1. The summed E-state index contributed by atoms with van der Waals surface area (Å²) in [4.78, 5) is 12.0. The van der Waals surface area contributed by atoms with Crippen LogP contribution in [0.25, 0.3) is 0 Å². The summed E-state index contributed by atoms with van der Waals surface area (Å²) in [5.74, 6) is -2.31. The Hall–Kier alpha value is -1.75. The van der Waals surface area contributed by atoms with Crippen LogP contribution in [0.4, 0.5) is 14.5 Å². The lowest BCUT2D eigenvalue weighted by Crippen LogP contribution is -2.13. The first-order valence-electron chi connectivity index (χ1n) is 5.50. The monoisotopic (exact) mass is 325 g/mol. The van der Waals surface area contributed by atoms with Gasteiger partial charge in [-0.1, -0.05) is 22.0 Å². The number of amides is 1. The van der Waals surface area contributed by atoms with E-state index in [1.165, 1.54) is 6.07 Å². The van der Waals surface area contributed by atoms with E-state index >= 15 is 0 Å². The molecule has 2 rings (SSSR count). The Kier molecular flexibility index (Phi) is 3.95. The molecular weight excluding hydrogens is 316 g/mol. The van der Waals surface area contributed by atoms with Gasteiger partial charge in [0.1, 0.15) is 0 Å². The highest BCUT2D eigenvalue weighted by Crippen LogP contribution is 2.19. The lowest BCUT2D eigenvalue weighted by molar-refractivity contribution is 0.102. The number of nitrogens with one attached hydrogen (secondary N) is 1. The molecule has 0 spiro atoms. The quantitative estimate of drug-likeness (QED) is 0.876. The van der Waals surface area contributed by atoms with Crippen LogP contribution in [0.15, 0.2) is 40.9 Å². The van der Waals surface area contributed by atoms with Crippen molar-refractivity contribution in [2.75, 3.05) is 5.32 Å². The lowest BCUT2D eigenvalue weighted by Gasteiger charge is -2.08. The third-order valence-electron chi connectivity index (χ3n) is 2.62. The Labute approximate surface area is 117 Å². The fraction of sp³-hybridized carbons (Fsp3) is 0.0714. The predicted octanol–water partition coefficient (Wildman–Crippen LogP) is 4.29. The first-order chi connectivity index (χ1) is 8.97. The van der Waals surface area contributed by atoms with Crippen molar-refractivity contribution in [2.45, 2.75) is 6.92 Å². The summed E-state index contributed by atoms with van der Waals surface area (Å²) < 4.78 is 26.6. The number of rotatable bonds is 2. The summed E-state index contributed by atoms with van der Waals surface area (Å²) in [7, 11) is 0. The van der Waals surface area contributed by atoms with Gasteiger partial charge >= 0.3 is 0 Å². The molecule has 0 aromatic heterocycles. The molecule has 98 valence electrons. The molecule has 2 aromatic carbocycles. The van der Waals surface area contributed by atoms with Gasteiger partial charge in [-0.25, -0.2) is 8.78 Å². The first-order valence-corrected chi connectivity index (χ1v) is 6.29. The highest BCUT2D eigenvalue weighted by atomic mass is 79.9. The maximum atomic E-state index is 13.0. The van der Waals surface area contributed by atoms with Crippen molar-refractivity contribution in [3.05, 3.63) is 63.6 Å². The van der Waals surface area contributed by atoms with Gasteiger partial charge in [-0.05, 0) is 36.8 Å². The Morgan fingerprint density at radius 3 is 2.53 bits per heavy atom. The molecule has 0 atom stereocenters. The van der Waals surface area contributed by atoms with Crippen LogP contribution in [0.5, 0.6) is 0 Å². The van der Waals surface area contributed by atoms with Gasteiger partial charge < -0.3 is 5.32 Å². The maximum Gasteiger partial charge on any atom is 0.255 e. The topological polar surface area (TPSA) is 29.1 Å². The molecule has 0 bridgehead atoms. The normalized spacial score (nSPS) is 10.3. The second-order valence-electron chi connectivity index (χ2n) is 4.04. The van der Waals surface area contributed by atoms with E-state index in [1.807, 2.05) is 6.07 Å². The van der Waals surface area contributed by atoms with Gasteiger partial charge in [0.15, 0.2) is 11.6 Å². The van der Waals surface area contributed by atoms with Crippen molar-refractivity contribution in [2.24, 2.45) is 0 Å². The molecule has 0 heterocycles. The number of aryl methyl sites for hydroxylation is 1. The summed E-state index contributed by atoms with van der Waals surface area (Å²) >= 11 is 3.28. The number of carbonyl (C=O) groups is 1. The predicted molar refractivity (Wildman–Crippen MR) is 73.2 cm³/mol. The van der Waals surface area contributed by atoms with Gasteiger partial charge in [0.25, 0.3) is 5.91 Å². The fourth-order valence-electron chi connectivity index (χ4n) is 1.61. The minimum atomic E-state index is -0.997. The zero-order chi connectivity index (χ0) is 14.0. The van der Waals surface area contributed by atoms with Crippen LogP contribution in [-0.2, 0) is 0 Å². The van der Waals surface area contributed by atoms with E-state index < -0.39 is 11.6 Å². The van der Waals surface area contributed by atoms with Gasteiger partial charge in [0.05, 0.1) is 0 Å². The summed E-state index contributed by atoms with van der Waals surface area (Å²) in [5.41, 5.74) is 1.48. The highest BCUT2D eigenvalue weighted by molar-refractivity contribution is 9.10. The van der Waals surface area contributed by atoms with Crippen molar-refractivity contribution in [3.63, 3.8) is 0 Å². The molecule has 0 saturated heterocycles. The fourth-order valence-corrected chi connectivity index (χ4v) is 1.97. The van der Waals surface area contributed by atoms with E-state index in [0.29, 0.717) is 5.56 Å². The van der Waals surface area contributed by atoms with Gasteiger partial charge in [-0.3, -0.25) is 4.79 Å². The number of hydrogen-bond acceptors (Lipinski definition) is 1. The van der Waals surface area contributed by atoms with E-state index in [4.69, 9.17) is 0 Å². The molecule has 1 amide bonds. The van der Waals surface area contributed by atoms with Crippen molar-refractivity contribution in [1.82, 2.24) is 0 Å². The van der Waals surface area contributed by atoms with E-state index in [1.54, 1.807) is 19.1 Å². The second kappa shape index (κ2) is 5.48. The molecule has 0 radical (unpaired) electrons. The van der Waals surface area contributed by atoms with Crippen LogP contribution in [0.3, 0.4) is 0 Å². The Morgan fingerprint density at radius 1 is 1.11 bits per heavy atom. The number of anilines is 1. The third-order valence-corrected chi connectivity index (χ3v) is 3.11. The molecule has 2 aromatic rings. The molecule has 0 aliphatic carbocycles. The largest absolute Gasteiger partial charge is 0.322 e. The van der Waals surface area contributed by atoms with E-state index in [0.717, 1.165) is 22.2 Å². The lowest BCUT2D eigenvalue weighted by atomic mass is 10.1. The first kappa shape index (κ1) is 13.7. The minimum absolute atomic E-state index is 0.211. The molecule has 0 aliphatic rings. The molecule has 0 unspecified atom stereocenters. The molecular formula is C14H10BrF2NO. The van der Waals surface area contributed by atoms with Gasteiger partial charge in [-0.2, -0.15) is 0 Å². The smallest absolute Gasteiger partial charge is 0.255 e. The van der Waals surface area contributed by atoms with Crippen LogP contribution in [0, 0.1) is 18.6 Å². The standard InChI is InChI=1S/C14H10BrF2NO/c1-8-2-3-9(15)6-11(8)14(19)18-10-4-5-12(16)13(17)7-10/h2-7H,1H3,(H,18,19). The van der Waals surface area contributed by atoms with Crippen LogP contribution in [0.1, 0.15) is 15.9 Å². The zero-order valence-electron chi connectivity index (χ0n) is 10.0. The van der Waals surface area contributed by atoms with E-state index in [-0.39, 0.29) is 11.6 Å². The molecule has 0 aliphatic heterocycles. The number of hydrogen-bond donors (Lipinski definition) is 1. The Bertz CT molecular complexity index is 643. The summed E-state index contributed by atoms with van der Waals surface area (Å²) in [6, 6.07) is 8.52. The number of halogens is 3. The summed E-state index contributed by atoms with van der Waals surface area (Å²) in [6.45, 7) is 1.80. The average Bonchev–Trinajstić information content (AvgIpc) is 2.36. The Morgan fingerprint density at radius 2 is 1.84 bits per heavy atom. The Balaban J connectivity index is 2.25. The van der Waals surface area contributed by atoms with Crippen molar-refractivity contribution >= 4 is 27.5 Å². The maximum absolute atomic E-state index is 13.0. The van der Waals surface area contributed by atoms with Crippen LogP contribution in [-0.4, -0.2) is 5.91 Å². The molecule has 0 fully saturated rings. The van der Waals surface area contributed by atoms with Crippen LogP contribution in [0.2, 0.25) is 0 Å². The van der Waals surface area contributed by atoms with E-state index in [2.05, 4.69) is 21.2 Å². The molecule has 5 heteroatoms.